The van der Waals surface area contributed by atoms with Crippen LogP contribution in [0.5, 0.6) is 0 Å². The van der Waals surface area contributed by atoms with Crippen molar-refractivity contribution in [2.45, 2.75) is 26.4 Å². The zero-order chi connectivity index (χ0) is 6.62. The quantitative estimate of drug-likeness (QED) is 0.425. The minimum Gasteiger partial charge on any atom is -1.00 e. The second-order valence-corrected chi connectivity index (χ2v) is 2.68. The first kappa shape index (κ1) is 17.2. The summed E-state index contributed by atoms with van der Waals surface area (Å²) in [5, 5.41) is 8.30. The average molecular weight is 156 g/mol. The van der Waals surface area contributed by atoms with Crippen molar-refractivity contribution in [2.75, 3.05) is 13.2 Å². The smallest absolute Gasteiger partial charge is 1.00 e. The molecule has 0 unspecified atom stereocenters. The second kappa shape index (κ2) is 8.15. The predicted octanol–water partition coefficient (Wildman–Crippen LogP) is -3.27. The largest absolute Gasteiger partial charge is 1.00 e. The molecule has 0 bridgehead atoms. The van der Waals surface area contributed by atoms with Crippen LogP contribution in [0, 0.1) is 0 Å². The summed E-state index contributed by atoms with van der Waals surface area (Å²) in [5.41, 5.74) is -0.108. The number of aliphatic hydroxyl groups is 1. The van der Waals surface area contributed by atoms with E-state index in [0.29, 0.717) is 6.61 Å². The Morgan fingerprint density at radius 2 is 1.80 bits per heavy atom. The van der Waals surface area contributed by atoms with Gasteiger partial charge in [0.1, 0.15) is 0 Å². The van der Waals surface area contributed by atoms with Gasteiger partial charge in [0.15, 0.2) is 17.4 Å². The van der Waals surface area contributed by atoms with E-state index in [4.69, 9.17) is 9.84 Å². The Labute approximate surface area is 87.1 Å². The normalized spacial score (nSPS) is 9.60. The second-order valence-electron chi connectivity index (χ2n) is 2.68. The summed E-state index contributed by atoms with van der Waals surface area (Å²) < 4.78 is 5.13. The van der Waals surface area contributed by atoms with Gasteiger partial charge >= 0.3 is 18.9 Å². The molecule has 0 aliphatic carbocycles. The minimum absolute atomic E-state index is 0. The van der Waals surface area contributed by atoms with Crippen LogP contribution in [0.3, 0.4) is 0 Å². The van der Waals surface area contributed by atoms with Crippen molar-refractivity contribution in [3.63, 3.8) is 0 Å². The average Bonchev–Trinajstić information content (AvgIpc) is 1.59. The molecule has 0 aromatic rings. The summed E-state index contributed by atoms with van der Waals surface area (Å²) in [6.07, 6.45) is 0. The van der Waals surface area contributed by atoms with E-state index in [1.807, 2.05) is 20.8 Å². The van der Waals surface area contributed by atoms with E-state index in [2.05, 4.69) is 0 Å². The molecule has 10 heavy (non-hydrogen) atoms. The summed E-state index contributed by atoms with van der Waals surface area (Å²) in [6.45, 7) is 6.43. The SMILES string of the molecule is CC(C)(C)OCCO.[AlH3].[H-].[Li+]. The Balaban J connectivity index is -0.0000000817. The summed E-state index contributed by atoms with van der Waals surface area (Å²) in [5.74, 6) is 0. The Kier molecular flexibility index (Phi) is 14.0. The minimum atomic E-state index is -0.108. The molecule has 0 fully saturated rings. The number of rotatable bonds is 2. The van der Waals surface area contributed by atoms with Gasteiger partial charge in [0.2, 0.25) is 0 Å². The van der Waals surface area contributed by atoms with Crippen LogP contribution in [0.15, 0.2) is 0 Å². The van der Waals surface area contributed by atoms with Crippen LogP contribution in [0.2, 0.25) is 0 Å². The molecule has 0 aromatic carbocycles. The first-order chi connectivity index (χ1) is 3.56. The first-order valence-electron chi connectivity index (χ1n) is 2.81. The van der Waals surface area contributed by atoms with E-state index in [9.17, 15) is 0 Å². The maximum absolute atomic E-state index is 8.30. The van der Waals surface area contributed by atoms with E-state index in [1.54, 1.807) is 0 Å². The molecule has 0 amide bonds. The molecule has 0 radical (unpaired) electrons. The van der Waals surface area contributed by atoms with Crippen LogP contribution in [-0.2, 0) is 4.74 Å². The number of ether oxygens (including phenoxy) is 1. The van der Waals surface area contributed by atoms with Gasteiger partial charge in [0.25, 0.3) is 0 Å². The Morgan fingerprint density at radius 1 is 1.40 bits per heavy atom. The first-order valence-corrected chi connectivity index (χ1v) is 2.81. The maximum Gasteiger partial charge on any atom is 1.00 e. The molecular weight excluding hydrogens is 138 g/mol. The molecule has 0 rings (SSSR count). The molecule has 0 heterocycles. The number of hydrogen-bond donors (Lipinski definition) is 1. The number of hydrogen-bond acceptors (Lipinski definition) is 2. The van der Waals surface area contributed by atoms with Crippen molar-refractivity contribution in [1.82, 2.24) is 0 Å². The molecule has 4 heteroatoms. The van der Waals surface area contributed by atoms with Gasteiger partial charge in [-0.1, -0.05) is 0 Å². The van der Waals surface area contributed by atoms with Gasteiger partial charge < -0.3 is 11.3 Å². The molecule has 1 N–H and O–H groups in total. The zero-order valence-corrected chi connectivity index (χ0v) is 6.77. The van der Waals surface area contributed by atoms with Gasteiger partial charge in [-0.2, -0.15) is 0 Å². The van der Waals surface area contributed by atoms with Crippen molar-refractivity contribution in [1.29, 1.82) is 0 Å². The van der Waals surface area contributed by atoms with E-state index in [-0.39, 0.29) is 49.9 Å². The van der Waals surface area contributed by atoms with Gasteiger partial charge in [-0.15, -0.1) is 0 Å². The molecule has 0 aromatic heterocycles. The fourth-order valence-corrected chi connectivity index (χ4v) is 0.352. The maximum atomic E-state index is 8.30. The molecule has 58 valence electrons. The third-order valence-corrected chi connectivity index (χ3v) is 0.626. The van der Waals surface area contributed by atoms with Crippen molar-refractivity contribution < 1.29 is 30.1 Å². The summed E-state index contributed by atoms with van der Waals surface area (Å²) in [6, 6.07) is 0. The van der Waals surface area contributed by atoms with Crippen LogP contribution < -0.4 is 18.9 Å². The third-order valence-electron chi connectivity index (χ3n) is 0.626. The summed E-state index contributed by atoms with van der Waals surface area (Å²) in [7, 11) is 0. The van der Waals surface area contributed by atoms with Crippen molar-refractivity contribution in [3.05, 3.63) is 0 Å². The molecule has 0 atom stereocenters. The molecular formula is C6H18AlLiO2. The van der Waals surface area contributed by atoms with Crippen LogP contribution >= 0.6 is 0 Å². The molecule has 0 aliphatic heterocycles. The van der Waals surface area contributed by atoms with Gasteiger partial charge in [0.05, 0.1) is 18.8 Å². The zero-order valence-electron chi connectivity index (χ0n) is 7.77. The topological polar surface area (TPSA) is 29.5 Å². The Bertz CT molecular complexity index is 68.1. The fourth-order valence-electron chi connectivity index (χ4n) is 0.352. The van der Waals surface area contributed by atoms with Gasteiger partial charge in [-0.25, -0.2) is 0 Å². The number of aliphatic hydroxyl groups excluding tert-OH is 1. The molecule has 0 aliphatic rings. The van der Waals surface area contributed by atoms with Gasteiger partial charge in [-0.3, -0.25) is 0 Å². The van der Waals surface area contributed by atoms with Gasteiger partial charge in [-0.05, 0) is 20.8 Å². The van der Waals surface area contributed by atoms with Crippen molar-refractivity contribution in [2.24, 2.45) is 0 Å². The van der Waals surface area contributed by atoms with Crippen LogP contribution in [0.1, 0.15) is 22.2 Å². The molecule has 0 saturated carbocycles. The van der Waals surface area contributed by atoms with Crippen LogP contribution in [0.4, 0.5) is 0 Å². The van der Waals surface area contributed by atoms with E-state index >= 15 is 0 Å². The Hall–Kier alpha value is 1.05. The predicted molar refractivity (Wildman–Crippen MR) is 43.8 cm³/mol. The van der Waals surface area contributed by atoms with Crippen LogP contribution in [-0.4, -0.2) is 41.3 Å². The van der Waals surface area contributed by atoms with Crippen LogP contribution in [0.25, 0.3) is 0 Å². The van der Waals surface area contributed by atoms with Crippen molar-refractivity contribution in [3.8, 4) is 0 Å². The van der Waals surface area contributed by atoms with Gasteiger partial charge in [0, 0.05) is 0 Å². The standard InChI is InChI=1S/C6H14O2.Al.Li.4H/c1-6(2,3)8-5-4-7;;;;;;/h7H,4-5H2,1-3H3;;;;;;/q;;+1;;;;-1. The summed E-state index contributed by atoms with van der Waals surface area (Å²) >= 11 is 0. The third kappa shape index (κ3) is 16.0. The fraction of sp³-hybridized carbons (Fsp3) is 1.00. The summed E-state index contributed by atoms with van der Waals surface area (Å²) in [4.78, 5) is 0. The van der Waals surface area contributed by atoms with Crippen molar-refractivity contribution >= 4 is 17.4 Å². The molecule has 2 nitrogen and oxygen atoms in total. The van der Waals surface area contributed by atoms with E-state index in [0.717, 1.165) is 0 Å². The monoisotopic (exact) mass is 156 g/mol. The van der Waals surface area contributed by atoms with E-state index < -0.39 is 0 Å². The van der Waals surface area contributed by atoms with E-state index in [1.165, 1.54) is 0 Å². The molecule has 0 spiro atoms. The molecule has 0 saturated heterocycles. The Morgan fingerprint density at radius 3 is 1.90 bits per heavy atom.